The largest absolute Gasteiger partial charge is 0.353 e. The topological polar surface area (TPSA) is 64.4 Å². The van der Waals surface area contributed by atoms with Crippen LogP contribution in [0.2, 0.25) is 0 Å². The van der Waals surface area contributed by atoms with E-state index in [1.54, 1.807) is 11.8 Å². The van der Waals surface area contributed by atoms with E-state index in [1.807, 2.05) is 32.0 Å². The average molecular weight is 285 g/mol. The van der Waals surface area contributed by atoms with Gasteiger partial charge >= 0.3 is 0 Å². The van der Waals surface area contributed by atoms with E-state index in [0.29, 0.717) is 0 Å². The second-order valence-electron chi connectivity index (χ2n) is 5.57. The number of imide groups is 1. The molecule has 0 saturated carbocycles. The molecule has 0 radical (unpaired) electrons. The van der Waals surface area contributed by atoms with Crippen LogP contribution in [0.5, 0.6) is 0 Å². The Morgan fingerprint density at radius 2 is 1.86 bits per heavy atom. The third kappa shape index (κ3) is 3.22. The molecule has 1 atom stereocenters. The number of anilines is 1. The minimum absolute atomic E-state index is 0.174. The summed E-state index contributed by atoms with van der Waals surface area (Å²) in [4.78, 5) is 27.3. The van der Waals surface area contributed by atoms with Crippen molar-refractivity contribution < 1.29 is 9.59 Å². The number of nitriles is 1. The predicted octanol–water partition coefficient (Wildman–Crippen LogP) is 1.64. The molecule has 1 aromatic rings. The molecule has 1 fully saturated rings. The second-order valence-corrected chi connectivity index (χ2v) is 5.57. The first-order valence-corrected chi connectivity index (χ1v) is 6.97. The maximum Gasteiger partial charge on any atom is 0.248 e. The molecule has 5 heteroatoms. The number of hydrogen-bond donors (Lipinski definition) is 0. The highest BCUT2D eigenvalue weighted by Crippen LogP contribution is 2.23. The lowest BCUT2D eigenvalue weighted by atomic mass is 10.1. The summed E-state index contributed by atoms with van der Waals surface area (Å²) >= 11 is 0. The minimum Gasteiger partial charge on any atom is -0.353 e. The van der Waals surface area contributed by atoms with E-state index in [4.69, 9.17) is 5.26 Å². The summed E-state index contributed by atoms with van der Waals surface area (Å²) in [7, 11) is 0. The minimum atomic E-state index is -0.342. The lowest BCUT2D eigenvalue weighted by Gasteiger charge is -2.35. The molecule has 1 saturated heterocycles. The van der Waals surface area contributed by atoms with Gasteiger partial charge in [-0.1, -0.05) is 17.7 Å². The highest BCUT2D eigenvalue weighted by molar-refractivity contribution is 6.03. The molecule has 0 aliphatic carbocycles. The zero-order valence-electron chi connectivity index (χ0n) is 12.6. The van der Waals surface area contributed by atoms with Crippen molar-refractivity contribution in [2.45, 2.75) is 20.8 Å². The maximum absolute atomic E-state index is 12.2. The van der Waals surface area contributed by atoms with Gasteiger partial charge in [0.2, 0.25) is 11.8 Å². The molecule has 1 aliphatic heterocycles. The van der Waals surface area contributed by atoms with Crippen molar-refractivity contribution in [2.24, 2.45) is 5.92 Å². The monoisotopic (exact) mass is 285 g/mol. The van der Waals surface area contributed by atoms with E-state index in [0.717, 1.165) is 16.8 Å². The van der Waals surface area contributed by atoms with Crippen LogP contribution in [0.15, 0.2) is 18.2 Å². The number of hydrogen-bond acceptors (Lipinski definition) is 4. The summed E-state index contributed by atoms with van der Waals surface area (Å²) in [6.45, 7) is 6.21. The first-order chi connectivity index (χ1) is 9.92. The second kappa shape index (κ2) is 5.96. The van der Waals surface area contributed by atoms with E-state index in [2.05, 4.69) is 6.07 Å². The summed E-state index contributed by atoms with van der Waals surface area (Å²) in [5, 5.41) is 8.82. The zero-order chi connectivity index (χ0) is 15.6. The molecule has 0 bridgehead atoms. The van der Waals surface area contributed by atoms with Crippen LogP contribution < -0.4 is 4.90 Å². The number of nitrogens with zero attached hydrogens (tertiary/aromatic N) is 3. The van der Waals surface area contributed by atoms with E-state index in [9.17, 15) is 9.59 Å². The van der Waals surface area contributed by atoms with Crippen molar-refractivity contribution in [3.8, 4) is 6.07 Å². The molecule has 5 nitrogen and oxygen atoms in total. The molecule has 110 valence electrons. The van der Waals surface area contributed by atoms with Gasteiger partial charge in [-0.25, -0.2) is 0 Å². The van der Waals surface area contributed by atoms with Crippen molar-refractivity contribution in [2.75, 3.05) is 24.5 Å². The molecule has 2 amide bonds. The van der Waals surface area contributed by atoms with Crippen LogP contribution in [-0.4, -0.2) is 36.3 Å². The summed E-state index contributed by atoms with van der Waals surface area (Å²) < 4.78 is 0. The fraction of sp³-hybridized carbons (Fsp3) is 0.438. The number of carbonyl (C=O) groups is 2. The maximum atomic E-state index is 12.2. The summed E-state index contributed by atoms with van der Waals surface area (Å²) in [5.41, 5.74) is 3.11. The Labute approximate surface area is 124 Å². The van der Waals surface area contributed by atoms with Gasteiger partial charge in [-0.3, -0.25) is 14.5 Å². The van der Waals surface area contributed by atoms with Gasteiger partial charge in [0.1, 0.15) is 0 Å². The zero-order valence-corrected chi connectivity index (χ0v) is 12.6. The number of piperazine rings is 1. The number of amides is 2. The number of aryl methyl sites for hydroxylation is 2. The molecule has 1 aliphatic rings. The highest BCUT2D eigenvalue weighted by atomic mass is 16.2. The molecule has 2 rings (SSSR count). The predicted molar refractivity (Wildman–Crippen MR) is 79.6 cm³/mol. The molecule has 0 aromatic heterocycles. The van der Waals surface area contributed by atoms with Gasteiger partial charge in [0.15, 0.2) is 0 Å². The van der Waals surface area contributed by atoms with E-state index in [-0.39, 0.29) is 37.4 Å². The van der Waals surface area contributed by atoms with Crippen LogP contribution in [0.3, 0.4) is 0 Å². The summed E-state index contributed by atoms with van der Waals surface area (Å²) in [6.07, 6.45) is 0. The van der Waals surface area contributed by atoms with E-state index < -0.39 is 0 Å². The van der Waals surface area contributed by atoms with E-state index in [1.165, 1.54) is 4.90 Å². The number of benzene rings is 1. The van der Waals surface area contributed by atoms with Crippen LogP contribution in [0.1, 0.15) is 18.1 Å². The Balaban J connectivity index is 2.17. The fourth-order valence-electron chi connectivity index (χ4n) is 2.54. The highest BCUT2D eigenvalue weighted by Gasteiger charge is 2.32. The first-order valence-electron chi connectivity index (χ1n) is 6.97. The van der Waals surface area contributed by atoms with Gasteiger partial charge in [0.25, 0.3) is 0 Å². The Kier molecular flexibility index (Phi) is 4.27. The molecule has 0 N–H and O–H groups in total. The first kappa shape index (κ1) is 15.0. The Morgan fingerprint density at radius 1 is 1.24 bits per heavy atom. The van der Waals surface area contributed by atoms with Crippen molar-refractivity contribution in [3.63, 3.8) is 0 Å². The Hall–Kier alpha value is -2.35. The van der Waals surface area contributed by atoms with Crippen molar-refractivity contribution in [3.05, 3.63) is 29.3 Å². The van der Waals surface area contributed by atoms with Crippen molar-refractivity contribution in [1.29, 1.82) is 5.26 Å². The standard InChI is InChI=1S/C16H19N3O2/c1-11-4-5-14(13(3)6-11)18-9-15(20)19(16(21)10-18)8-12(2)7-17/h4-6,12H,8-10H2,1-3H3. The summed E-state index contributed by atoms with van der Waals surface area (Å²) in [5.74, 6) is -0.827. The van der Waals surface area contributed by atoms with Crippen LogP contribution >= 0.6 is 0 Å². The molecule has 21 heavy (non-hydrogen) atoms. The molecule has 0 spiro atoms. The lowest BCUT2D eigenvalue weighted by molar-refractivity contribution is -0.145. The quantitative estimate of drug-likeness (QED) is 0.792. The fourth-order valence-corrected chi connectivity index (χ4v) is 2.54. The Bertz CT molecular complexity index is 600. The lowest BCUT2D eigenvalue weighted by Crippen LogP contribution is -2.55. The summed E-state index contributed by atoms with van der Waals surface area (Å²) in [6, 6.07) is 8.00. The SMILES string of the molecule is Cc1ccc(N2CC(=O)N(CC(C)C#N)C(=O)C2)c(C)c1. The van der Waals surface area contributed by atoms with Crippen LogP contribution in [0.4, 0.5) is 5.69 Å². The van der Waals surface area contributed by atoms with Gasteiger partial charge in [0.05, 0.1) is 25.1 Å². The molecular weight excluding hydrogens is 266 g/mol. The molecular formula is C16H19N3O2. The van der Waals surface area contributed by atoms with Gasteiger partial charge in [-0.2, -0.15) is 5.26 Å². The van der Waals surface area contributed by atoms with Gasteiger partial charge in [-0.15, -0.1) is 0 Å². The number of rotatable bonds is 3. The van der Waals surface area contributed by atoms with Crippen LogP contribution in [0.25, 0.3) is 0 Å². The van der Waals surface area contributed by atoms with Crippen molar-refractivity contribution >= 4 is 17.5 Å². The average Bonchev–Trinajstić information content (AvgIpc) is 2.42. The van der Waals surface area contributed by atoms with Gasteiger partial charge in [0, 0.05) is 12.2 Å². The Morgan fingerprint density at radius 3 is 2.38 bits per heavy atom. The van der Waals surface area contributed by atoms with Crippen LogP contribution in [0, 0.1) is 31.1 Å². The van der Waals surface area contributed by atoms with Gasteiger partial charge < -0.3 is 4.90 Å². The van der Waals surface area contributed by atoms with Crippen LogP contribution in [-0.2, 0) is 9.59 Å². The number of carbonyl (C=O) groups excluding carboxylic acids is 2. The van der Waals surface area contributed by atoms with E-state index >= 15 is 0 Å². The van der Waals surface area contributed by atoms with Gasteiger partial charge in [-0.05, 0) is 32.4 Å². The third-order valence-electron chi connectivity index (χ3n) is 3.62. The smallest absolute Gasteiger partial charge is 0.248 e. The normalized spacial score (nSPS) is 16.9. The molecule has 1 unspecified atom stereocenters. The molecule has 1 aromatic carbocycles. The third-order valence-corrected chi connectivity index (χ3v) is 3.62. The van der Waals surface area contributed by atoms with Crippen molar-refractivity contribution in [1.82, 2.24) is 4.90 Å². The molecule has 1 heterocycles.